The number of rotatable bonds is 13. The van der Waals surface area contributed by atoms with E-state index >= 15 is 0 Å². The Morgan fingerprint density at radius 1 is 0.950 bits per heavy atom. The number of amides is 1. The molecule has 0 unspecified atom stereocenters. The largest absolute Gasteiger partial charge is 0.293 e. The van der Waals surface area contributed by atoms with Crippen LogP contribution in [0, 0.1) is 0 Å². The van der Waals surface area contributed by atoms with Crippen molar-refractivity contribution in [3.8, 4) is 0 Å². The number of allylic oxidation sites excluding steroid dienone is 2. The van der Waals surface area contributed by atoms with Gasteiger partial charge in [-0.05, 0) is 42.7 Å². The normalized spacial score (nSPS) is 10.7. The highest BCUT2D eigenvalue weighted by Gasteiger charge is 1.97. The Bertz CT molecular complexity index is 307. The van der Waals surface area contributed by atoms with Crippen LogP contribution >= 0.6 is 0 Å². The lowest BCUT2D eigenvalue weighted by Crippen LogP contribution is -1.90. The third kappa shape index (κ3) is 14.8. The van der Waals surface area contributed by atoms with E-state index in [4.69, 9.17) is 5.53 Å². The second-order valence-electron chi connectivity index (χ2n) is 5.21. The minimum Gasteiger partial charge on any atom is -0.293 e. The second-order valence-corrected chi connectivity index (χ2v) is 5.21. The number of unbranched alkanes of at least 4 members (excludes halogenated alkanes) is 9. The van der Waals surface area contributed by atoms with Gasteiger partial charge in [0.2, 0.25) is 5.91 Å². The van der Waals surface area contributed by atoms with E-state index in [0.717, 1.165) is 19.3 Å². The van der Waals surface area contributed by atoms with Gasteiger partial charge in [0.25, 0.3) is 0 Å². The lowest BCUT2D eigenvalue weighted by atomic mass is 10.1. The van der Waals surface area contributed by atoms with E-state index < -0.39 is 0 Å². The zero-order valence-electron chi connectivity index (χ0n) is 12.9. The maximum absolute atomic E-state index is 10.9. The molecular formula is C16H29N3O. The Morgan fingerprint density at radius 2 is 1.50 bits per heavy atom. The zero-order chi connectivity index (χ0) is 14.9. The van der Waals surface area contributed by atoms with Gasteiger partial charge in [-0.1, -0.05) is 57.6 Å². The van der Waals surface area contributed by atoms with Gasteiger partial charge < -0.3 is 0 Å². The number of carbonyl (C=O) groups is 1. The van der Waals surface area contributed by atoms with E-state index in [0.29, 0.717) is 6.42 Å². The van der Waals surface area contributed by atoms with Gasteiger partial charge in [-0.25, -0.2) is 0 Å². The summed E-state index contributed by atoms with van der Waals surface area (Å²) in [5.74, 6) is -0.335. The first-order chi connectivity index (χ1) is 9.81. The zero-order valence-corrected chi connectivity index (χ0v) is 12.9. The first-order valence-corrected chi connectivity index (χ1v) is 8.04. The van der Waals surface area contributed by atoms with Crippen molar-refractivity contribution in [2.45, 2.75) is 84.0 Å². The van der Waals surface area contributed by atoms with E-state index in [-0.39, 0.29) is 5.91 Å². The molecule has 0 bridgehead atoms. The van der Waals surface area contributed by atoms with Crippen LogP contribution in [-0.2, 0) is 4.79 Å². The minimum absolute atomic E-state index is 0.335. The van der Waals surface area contributed by atoms with Crippen LogP contribution in [0.25, 0.3) is 10.4 Å². The van der Waals surface area contributed by atoms with Gasteiger partial charge in [-0.3, -0.25) is 4.79 Å². The Kier molecular flexibility index (Phi) is 14.8. The second kappa shape index (κ2) is 15.8. The lowest BCUT2D eigenvalue weighted by molar-refractivity contribution is -0.118. The summed E-state index contributed by atoms with van der Waals surface area (Å²) in [4.78, 5) is 13.4. The SMILES string of the molecule is CCCCCC/C=C/CCCCCCCC(=O)N=[N+]=[N-]. The van der Waals surface area contributed by atoms with Crippen molar-refractivity contribution in [2.24, 2.45) is 5.11 Å². The van der Waals surface area contributed by atoms with Crippen molar-refractivity contribution < 1.29 is 4.79 Å². The molecule has 0 aromatic heterocycles. The number of hydrogen-bond donors (Lipinski definition) is 0. The van der Waals surface area contributed by atoms with Gasteiger partial charge in [-0.15, -0.1) is 0 Å². The molecule has 0 aliphatic rings. The van der Waals surface area contributed by atoms with E-state index in [1.807, 2.05) is 0 Å². The molecule has 0 spiro atoms. The van der Waals surface area contributed by atoms with E-state index in [1.165, 1.54) is 51.4 Å². The van der Waals surface area contributed by atoms with Crippen LogP contribution in [0.15, 0.2) is 17.3 Å². The molecule has 4 nitrogen and oxygen atoms in total. The third-order valence-electron chi connectivity index (χ3n) is 3.31. The van der Waals surface area contributed by atoms with Crippen LogP contribution in [-0.4, -0.2) is 5.91 Å². The Morgan fingerprint density at radius 3 is 2.10 bits per heavy atom. The Hall–Kier alpha value is -1.28. The summed E-state index contributed by atoms with van der Waals surface area (Å²) in [6.45, 7) is 2.24. The molecule has 0 saturated heterocycles. The van der Waals surface area contributed by atoms with Gasteiger partial charge in [0.1, 0.15) is 0 Å². The fourth-order valence-electron chi connectivity index (χ4n) is 2.09. The molecule has 4 heteroatoms. The number of azide groups is 1. The highest BCUT2D eigenvalue weighted by atomic mass is 16.1. The average molecular weight is 279 g/mol. The number of carbonyl (C=O) groups excluding carboxylic acids is 1. The summed E-state index contributed by atoms with van der Waals surface area (Å²) in [6, 6.07) is 0. The molecule has 0 atom stereocenters. The summed E-state index contributed by atoms with van der Waals surface area (Å²) < 4.78 is 0. The van der Waals surface area contributed by atoms with Gasteiger partial charge in [0, 0.05) is 11.3 Å². The molecule has 0 saturated carbocycles. The van der Waals surface area contributed by atoms with Crippen LogP contribution in [0.5, 0.6) is 0 Å². The van der Waals surface area contributed by atoms with Crippen molar-refractivity contribution >= 4 is 5.91 Å². The van der Waals surface area contributed by atoms with Gasteiger partial charge >= 0.3 is 0 Å². The summed E-state index contributed by atoms with van der Waals surface area (Å²) in [6.07, 6.45) is 18.2. The molecule has 0 aromatic rings. The molecule has 1 amide bonds. The average Bonchev–Trinajstić information content (AvgIpc) is 2.44. The quantitative estimate of drug-likeness (QED) is 0.132. The molecule has 0 N–H and O–H groups in total. The Labute approximate surface area is 123 Å². The molecule has 0 aliphatic carbocycles. The topological polar surface area (TPSA) is 65.8 Å². The number of nitrogens with zero attached hydrogens (tertiary/aromatic N) is 3. The van der Waals surface area contributed by atoms with Crippen molar-refractivity contribution in [1.82, 2.24) is 0 Å². The highest BCUT2D eigenvalue weighted by molar-refractivity contribution is 5.76. The lowest BCUT2D eigenvalue weighted by Gasteiger charge is -1.98. The van der Waals surface area contributed by atoms with Crippen LogP contribution in [0.1, 0.15) is 84.0 Å². The molecule has 0 heterocycles. The van der Waals surface area contributed by atoms with Crippen LogP contribution in [0.3, 0.4) is 0 Å². The van der Waals surface area contributed by atoms with E-state index in [2.05, 4.69) is 29.1 Å². The highest BCUT2D eigenvalue weighted by Crippen LogP contribution is 2.09. The van der Waals surface area contributed by atoms with Crippen LogP contribution in [0.2, 0.25) is 0 Å². The van der Waals surface area contributed by atoms with Gasteiger partial charge in [0.05, 0.1) is 0 Å². The Balaban J connectivity index is 3.18. The van der Waals surface area contributed by atoms with E-state index in [1.54, 1.807) is 0 Å². The predicted octanol–water partition coefficient (Wildman–Crippen LogP) is 6.08. The van der Waals surface area contributed by atoms with Crippen molar-refractivity contribution in [1.29, 1.82) is 0 Å². The third-order valence-corrected chi connectivity index (χ3v) is 3.31. The number of hydrogen-bond acceptors (Lipinski definition) is 1. The first kappa shape index (κ1) is 18.7. The standard InChI is InChI=1S/C16H29N3O/c1-2-3-4-5-6-7-8-9-10-11-12-13-14-15-16(20)18-19-17/h7-8H,2-6,9-15H2,1H3/b8-7+. The fraction of sp³-hybridized carbons (Fsp3) is 0.812. The predicted molar refractivity (Wildman–Crippen MR) is 84.4 cm³/mol. The summed E-state index contributed by atoms with van der Waals surface area (Å²) >= 11 is 0. The molecule has 0 rings (SSSR count). The van der Waals surface area contributed by atoms with Crippen molar-refractivity contribution in [3.63, 3.8) is 0 Å². The maximum atomic E-state index is 10.9. The molecule has 0 radical (unpaired) electrons. The van der Waals surface area contributed by atoms with Gasteiger partial charge in [0.15, 0.2) is 0 Å². The maximum Gasteiger partial charge on any atom is 0.218 e. The fourth-order valence-corrected chi connectivity index (χ4v) is 2.09. The van der Waals surface area contributed by atoms with Crippen LogP contribution in [0.4, 0.5) is 0 Å². The first-order valence-electron chi connectivity index (χ1n) is 8.04. The molecule has 0 aliphatic heterocycles. The van der Waals surface area contributed by atoms with Crippen LogP contribution < -0.4 is 0 Å². The molecule has 114 valence electrons. The van der Waals surface area contributed by atoms with Crippen molar-refractivity contribution in [2.75, 3.05) is 0 Å². The molecule has 0 fully saturated rings. The molecular weight excluding hydrogens is 250 g/mol. The monoisotopic (exact) mass is 279 g/mol. The minimum atomic E-state index is -0.335. The summed E-state index contributed by atoms with van der Waals surface area (Å²) in [7, 11) is 0. The summed E-state index contributed by atoms with van der Waals surface area (Å²) in [5, 5.41) is 3.05. The summed E-state index contributed by atoms with van der Waals surface area (Å²) in [5.41, 5.74) is 8.07. The smallest absolute Gasteiger partial charge is 0.218 e. The molecule has 20 heavy (non-hydrogen) atoms. The van der Waals surface area contributed by atoms with Crippen molar-refractivity contribution in [3.05, 3.63) is 22.6 Å². The van der Waals surface area contributed by atoms with Gasteiger partial charge in [-0.2, -0.15) is 0 Å². The van der Waals surface area contributed by atoms with E-state index in [9.17, 15) is 4.79 Å². The molecule has 0 aromatic carbocycles.